The van der Waals surface area contributed by atoms with Crippen LogP contribution in [0.25, 0.3) is 0 Å². The van der Waals surface area contributed by atoms with Gasteiger partial charge >= 0.3 is 0 Å². The minimum absolute atomic E-state index is 0.0573. The molecule has 26 heavy (non-hydrogen) atoms. The van der Waals surface area contributed by atoms with Crippen molar-refractivity contribution < 1.29 is 22.7 Å². The first-order valence-electron chi connectivity index (χ1n) is 8.14. The van der Waals surface area contributed by atoms with E-state index in [-0.39, 0.29) is 35.7 Å². The number of sulfonamides is 1. The SMILES string of the molecule is CC(C)NS(=O)(=O)c1cccc(C(=O)NCc2ccc3c(c2)OCO3)c1. The molecule has 0 fully saturated rings. The number of rotatable bonds is 6. The number of fused-ring (bicyclic) bond motifs is 1. The molecule has 0 saturated carbocycles. The summed E-state index contributed by atoms with van der Waals surface area (Å²) in [6.45, 7) is 3.95. The maximum absolute atomic E-state index is 12.4. The highest BCUT2D eigenvalue weighted by Gasteiger charge is 2.18. The molecule has 2 N–H and O–H groups in total. The molecule has 2 aromatic rings. The number of amides is 1. The van der Waals surface area contributed by atoms with Crippen molar-refractivity contribution >= 4 is 15.9 Å². The lowest BCUT2D eigenvalue weighted by Crippen LogP contribution is -2.30. The molecule has 0 aliphatic carbocycles. The van der Waals surface area contributed by atoms with Crippen LogP contribution in [0.5, 0.6) is 11.5 Å². The van der Waals surface area contributed by atoms with Crippen LogP contribution in [0.4, 0.5) is 0 Å². The molecule has 3 rings (SSSR count). The van der Waals surface area contributed by atoms with Gasteiger partial charge in [0, 0.05) is 18.2 Å². The van der Waals surface area contributed by atoms with E-state index < -0.39 is 10.0 Å². The van der Waals surface area contributed by atoms with E-state index in [2.05, 4.69) is 10.0 Å². The summed E-state index contributed by atoms with van der Waals surface area (Å²) >= 11 is 0. The van der Waals surface area contributed by atoms with Crippen LogP contribution >= 0.6 is 0 Å². The molecule has 0 bridgehead atoms. The minimum atomic E-state index is -3.65. The Morgan fingerprint density at radius 3 is 2.65 bits per heavy atom. The molecule has 0 spiro atoms. The Hall–Kier alpha value is -2.58. The zero-order valence-corrected chi connectivity index (χ0v) is 15.3. The van der Waals surface area contributed by atoms with Crippen molar-refractivity contribution in [2.75, 3.05) is 6.79 Å². The molecule has 1 heterocycles. The van der Waals surface area contributed by atoms with E-state index in [0.29, 0.717) is 11.5 Å². The molecule has 0 radical (unpaired) electrons. The van der Waals surface area contributed by atoms with Gasteiger partial charge in [-0.05, 0) is 49.7 Å². The Balaban J connectivity index is 1.69. The van der Waals surface area contributed by atoms with Crippen molar-refractivity contribution in [2.45, 2.75) is 31.3 Å². The number of nitrogens with one attached hydrogen (secondary N) is 2. The van der Waals surface area contributed by atoms with Crippen LogP contribution in [0.1, 0.15) is 29.8 Å². The van der Waals surface area contributed by atoms with E-state index in [1.165, 1.54) is 12.1 Å². The van der Waals surface area contributed by atoms with Crippen molar-refractivity contribution in [1.82, 2.24) is 10.0 Å². The summed E-state index contributed by atoms with van der Waals surface area (Å²) in [6, 6.07) is 11.1. The predicted molar refractivity (Wildman–Crippen MR) is 95.6 cm³/mol. The molecular formula is C18H20N2O5S. The summed E-state index contributed by atoms with van der Waals surface area (Å²) in [5.41, 5.74) is 1.13. The second-order valence-electron chi connectivity index (χ2n) is 6.17. The van der Waals surface area contributed by atoms with Gasteiger partial charge in [-0.3, -0.25) is 4.79 Å². The summed E-state index contributed by atoms with van der Waals surface area (Å²) in [7, 11) is -3.65. The van der Waals surface area contributed by atoms with Crippen LogP contribution in [0.2, 0.25) is 0 Å². The predicted octanol–water partition coefficient (Wildman–Crippen LogP) is 2.03. The fourth-order valence-corrected chi connectivity index (χ4v) is 3.81. The second-order valence-corrected chi connectivity index (χ2v) is 7.89. The number of hydrogen-bond donors (Lipinski definition) is 2. The molecule has 0 aromatic heterocycles. The van der Waals surface area contributed by atoms with E-state index in [0.717, 1.165) is 5.56 Å². The third-order valence-corrected chi connectivity index (χ3v) is 5.34. The Labute approximate surface area is 152 Å². The standard InChI is InChI=1S/C18H20N2O5S/c1-12(2)20-26(22,23)15-5-3-4-14(9-15)18(21)19-10-13-6-7-16-17(8-13)25-11-24-16/h3-9,12,20H,10-11H2,1-2H3,(H,19,21). The summed E-state index contributed by atoms with van der Waals surface area (Å²) in [4.78, 5) is 12.4. The highest BCUT2D eigenvalue weighted by atomic mass is 32.2. The number of hydrogen-bond acceptors (Lipinski definition) is 5. The van der Waals surface area contributed by atoms with Crippen LogP contribution in [-0.4, -0.2) is 27.2 Å². The molecule has 138 valence electrons. The fraction of sp³-hybridized carbons (Fsp3) is 0.278. The first kappa shape index (κ1) is 18.2. The van der Waals surface area contributed by atoms with Gasteiger partial charge in [-0.1, -0.05) is 12.1 Å². The van der Waals surface area contributed by atoms with Gasteiger partial charge in [-0.25, -0.2) is 13.1 Å². The van der Waals surface area contributed by atoms with Crippen molar-refractivity contribution in [2.24, 2.45) is 0 Å². The number of ether oxygens (including phenoxy) is 2. The molecule has 7 nitrogen and oxygen atoms in total. The van der Waals surface area contributed by atoms with Gasteiger partial charge in [-0.2, -0.15) is 0 Å². The van der Waals surface area contributed by atoms with Crippen LogP contribution in [0.3, 0.4) is 0 Å². The van der Waals surface area contributed by atoms with Gasteiger partial charge in [0.15, 0.2) is 11.5 Å². The fourth-order valence-electron chi connectivity index (χ4n) is 2.52. The minimum Gasteiger partial charge on any atom is -0.454 e. The van der Waals surface area contributed by atoms with Crippen LogP contribution < -0.4 is 19.5 Å². The zero-order chi connectivity index (χ0) is 18.7. The number of benzene rings is 2. The average molecular weight is 376 g/mol. The molecule has 0 saturated heterocycles. The number of carbonyl (C=O) groups is 1. The maximum atomic E-state index is 12.4. The average Bonchev–Trinajstić information content (AvgIpc) is 3.06. The van der Waals surface area contributed by atoms with Crippen molar-refractivity contribution in [3.05, 3.63) is 53.6 Å². The molecule has 1 aliphatic rings. The lowest BCUT2D eigenvalue weighted by molar-refractivity contribution is 0.0950. The molecule has 8 heteroatoms. The largest absolute Gasteiger partial charge is 0.454 e. The summed E-state index contributed by atoms with van der Waals surface area (Å²) < 4.78 is 37.5. The van der Waals surface area contributed by atoms with Crippen LogP contribution in [-0.2, 0) is 16.6 Å². The van der Waals surface area contributed by atoms with Crippen molar-refractivity contribution in [1.29, 1.82) is 0 Å². The lowest BCUT2D eigenvalue weighted by atomic mass is 10.2. The van der Waals surface area contributed by atoms with Gasteiger partial charge in [0.2, 0.25) is 16.8 Å². The molecule has 0 atom stereocenters. The van der Waals surface area contributed by atoms with Crippen molar-refractivity contribution in [3.8, 4) is 11.5 Å². The van der Waals surface area contributed by atoms with E-state index >= 15 is 0 Å². The van der Waals surface area contributed by atoms with Gasteiger partial charge in [0.1, 0.15) is 0 Å². The summed E-state index contributed by atoms with van der Waals surface area (Å²) in [5, 5.41) is 2.78. The smallest absolute Gasteiger partial charge is 0.251 e. The highest BCUT2D eigenvalue weighted by Crippen LogP contribution is 2.32. The topological polar surface area (TPSA) is 93.7 Å². The number of carbonyl (C=O) groups excluding carboxylic acids is 1. The molecule has 1 aliphatic heterocycles. The van der Waals surface area contributed by atoms with Gasteiger partial charge in [0.05, 0.1) is 4.90 Å². The summed E-state index contributed by atoms with van der Waals surface area (Å²) in [6.07, 6.45) is 0. The van der Waals surface area contributed by atoms with Gasteiger partial charge < -0.3 is 14.8 Å². The molecular weight excluding hydrogens is 356 g/mol. The summed E-state index contributed by atoms with van der Waals surface area (Å²) in [5.74, 6) is 0.963. The van der Waals surface area contributed by atoms with E-state index in [1.54, 1.807) is 38.1 Å². The first-order chi connectivity index (χ1) is 12.3. The monoisotopic (exact) mass is 376 g/mol. The molecule has 0 unspecified atom stereocenters. The second kappa shape index (κ2) is 7.35. The third kappa shape index (κ3) is 4.14. The Bertz CT molecular complexity index is 925. The Morgan fingerprint density at radius 2 is 1.88 bits per heavy atom. The zero-order valence-electron chi connectivity index (χ0n) is 14.5. The molecule has 2 aromatic carbocycles. The lowest BCUT2D eigenvalue weighted by Gasteiger charge is -2.11. The third-order valence-electron chi connectivity index (χ3n) is 3.69. The Kier molecular flexibility index (Phi) is 5.15. The van der Waals surface area contributed by atoms with Gasteiger partial charge in [-0.15, -0.1) is 0 Å². The molecule has 1 amide bonds. The van der Waals surface area contributed by atoms with Gasteiger partial charge in [0.25, 0.3) is 5.91 Å². The first-order valence-corrected chi connectivity index (χ1v) is 9.62. The normalized spacial score (nSPS) is 13.0. The maximum Gasteiger partial charge on any atom is 0.251 e. The van der Waals surface area contributed by atoms with Crippen LogP contribution in [0.15, 0.2) is 47.4 Å². The highest BCUT2D eigenvalue weighted by molar-refractivity contribution is 7.89. The Morgan fingerprint density at radius 1 is 1.12 bits per heavy atom. The van der Waals surface area contributed by atoms with Crippen LogP contribution in [0, 0.1) is 0 Å². The quantitative estimate of drug-likeness (QED) is 0.805. The van der Waals surface area contributed by atoms with Crippen molar-refractivity contribution in [3.63, 3.8) is 0 Å². The van der Waals surface area contributed by atoms with E-state index in [4.69, 9.17) is 9.47 Å². The van der Waals surface area contributed by atoms with E-state index in [1.807, 2.05) is 6.07 Å². The van der Waals surface area contributed by atoms with E-state index in [9.17, 15) is 13.2 Å².